The molecule has 12 nitrogen and oxygen atoms in total. The van der Waals surface area contributed by atoms with Crippen molar-refractivity contribution in [2.45, 2.75) is 69.9 Å². The first-order valence-electron chi connectivity index (χ1n) is 15.0. The summed E-state index contributed by atoms with van der Waals surface area (Å²) in [4.78, 5) is 61.0. The van der Waals surface area contributed by atoms with Crippen LogP contribution < -0.4 is 15.4 Å². The molecular formula is C30H35F3N6O6. The summed E-state index contributed by atoms with van der Waals surface area (Å²) in [5.41, 5.74) is -2.49. The lowest BCUT2D eigenvalue weighted by molar-refractivity contribution is -0.195. The summed E-state index contributed by atoms with van der Waals surface area (Å²) in [6.07, 6.45) is -3.85. The SMILES string of the molecule is COC(=O)N[C@H](C(=O)N1C[C@@H]2[C@H]3C[C@@H]([C@@H]2[C@H]1C(=O)N1C[C@@]2(C[C@H]1C#N)Oc1cccnc1NC2=O)[C@@H](C(F)(F)F)C3)C(C)(C)C. The first-order valence-corrected chi connectivity index (χ1v) is 15.0. The second-order valence-electron chi connectivity index (χ2n) is 13.9. The predicted molar refractivity (Wildman–Crippen MR) is 149 cm³/mol. The number of amides is 4. The maximum Gasteiger partial charge on any atom is 0.407 e. The summed E-state index contributed by atoms with van der Waals surface area (Å²) in [6, 6.07) is 1.60. The summed E-state index contributed by atoms with van der Waals surface area (Å²) < 4.78 is 53.4. The number of anilines is 1. The molecule has 45 heavy (non-hydrogen) atoms. The second-order valence-corrected chi connectivity index (χ2v) is 13.9. The number of halogens is 3. The topological polar surface area (TPSA) is 154 Å². The van der Waals surface area contributed by atoms with E-state index in [1.807, 2.05) is 0 Å². The maximum atomic E-state index is 14.6. The van der Waals surface area contributed by atoms with Gasteiger partial charge < -0.3 is 29.9 Å². The van der Waals surface area contributed by atoms with Crippen LogP contribution in [0.4, 0.5) is 23.8 Å². The van der Waals surface area contributed by atoms with Gasteiger partial charge in [0, 0.05) is 19.2 Å². The number of ether oxygens (including phenoxy) is 2. The molecule has 3 aliphatic heterocycles. The molecule has 1 aromatic rings. The fourth-order valence-electron chi connectivity index (χ4n) is 8.37. The highest BCUT2D eigenvalue weighted by Gasteiger charge is 2.68. The van der Waals surface area contributed by atoms with Crippen molar-refractivity contribution in [3.63, 3.8) is 0 Å². The number of carbonyl (C=O) groups is 4. The highest BCUT2D eigenvalue weighted by molar-refractivity contribution is 6.01. The molecule has 5 aliphatic rings. The molecule has 0 radical (unpaired) electrons. The summed E-state index contributed by atoms with van der Waals surface area (Å²) in [7, 11) is 1.14. The molecule has 2 saturated carbocycles. The summed E-state index contributed by atoms with van der Waals surface area (Å²) in [5, 5.41) is 15.3. The van der Waals surface area contributed by atoms with E-state index in [4.69, 9.17) is 9.47 Å². The number of methoxy groups -OCH3 is 1. The zero-order valence-electron chi connectivity index (χ0n) is 25.3. The third-order valence-corrected chi connectivity index (χ3v) is 10.3. The summed E-state index contributed by atoms with van der Waals surface area (Å²) in [6.45, 7) is 4.83. The third kappa shape index (κ3) is 4.93. The Balaban J connectivity index is 1.37. The van der Waals surface area contributed by atoms with Crippen LogP contribution in [0.1, 0.15) is 40.0 Å². The Morgan fingerprint density at radius 3 is 2.60 bits per heavy atom. The van der Waals surface area contributed by atoms with Gasteiger partial charge in [0.05, 0.1) is 25.6 Å². The van der Waals surface area contributed by atoms with Gasteiger partial charge in [0.25, 0.3) is 5.91 Å². The molecule has 2 aliphatic carbocycles. The van der Waals surface area contributed by atoms with Gasteiger partial charge in [-0.3, -0.25) is 14.4 Å². The highest BCUT2D eigenvalue weighted by Crippen LogP contribution is 2.63. The van der Waals surface area contributed by atoms with E-state index >= 15 is 0 Å². The number of nitrogens with zero attached hydrogens (tertiary/aromatic N) is 4. The summed E-state index contributed by atoms with van der Waals surface area (Å²) in [5.74, 6) is -5.53. The minimum absolute atomic E-state index is 0.0350. The van der Waals surface area contributed by atoms with E-state index in [2.05, 4.69) is 21.7 Å². The average molecular weight is 633 g/mol. The first kappa shape index (κ1) is 30.9. The van der Waals surface area contributed by atoms with Crippen LogP contribution in [0.25, 0.3) is 0 Å². The Kier molecular flexibility index (Phi) is 7.20. The van der Waals surface area contributed by atoms with Gasteiger partial charge >= 0.3 is 12.3 Å². The smallest absolute Gasteiger partial charge is 0.407 e. The standard InChI is InChI=1S/C30H35F3N6O6/c1-28(2,3)22(36-27(43)44-4)25(41)38-12-17-14-8-16(18(9-14)30(31,32)33)20(17)21(38)24(40)39-13-29(10-15(39)11-34)26(42)37-23-19(45-29)6-5-7-35-23/h5-7,14-18,20-22H,8-10,12-13H2,1-4H3,(H,36,43)(H,35,37,42)/t14-,15-,16+,17+,18-,20-,21-,22+,29+/m0/s1. The molecule has 2 saturated heterocycles. The van der Waals surface area contributed by atoms with Crippen molar-refractivity contribution >= 4 is 29.6 Å². The van der Waals surface area contributed by atoms with E-state index < -0.39 is 76.9 Å². The number of alkyl carbamates (subject to hydrolysis) is 1. The molecule has 15 heteroatoms. The molecule has 0 aromatic carbocycles. The van der Waals surface area contributed by atoms with Gasteiger partial charge in [0.15, 0.2) is 11.6 Å². The van der Waals surface area contributed by atoms with Crippen molar-refractivity contribution < 1.29 is 41.8 Å². The molecule has 9 atom stereocenters. The van der Waals surface area contributed by atoms with E-state index in [-0.39, 0.29) is 55.8 Å². The average Bonchev–Trinajstić information content (AvgIpc) is 3.74. The second kappa shape index (κ2) is 10.5. The molecule has 1 spiro atoms. The molecule has 6 rings (SSSR count). The number of fused-ring (bicyclic) bond motifs is 6. The molecule has 4 heterocycles. The van der Waals surface area contributed by atoms with Crippen LogP contribution in [0.2, 0.25) is 0 Å². The van der Waals surface area contributed by atoms with Crippen molar-refractivity contribution in [1.29, 1.82) is 5.26 Å². The lowest BCUT2D eigenvalue weighted by Crippen LogP contribution is -2.60. The zero-order valence-corrected chi connectivity index (χ0v) is 25.3. The largest absolute Gasteiger partial charge is 0.472 e. The summed E-state index contributed by atoms with van der Waals surface area (Å²) >= 11 is 0. The van der Waals surface area contributed by atoms with E-state index in [0.29, 0.717) is 0 Å². The Morgan fingerprint density at radius 2 is 1.96 bits per heavy atom. The number of likely N-dealkylation sites (tertiary alicyclic amines) is 2. The number of pyridine rings is 1. The third-order valence-electron chi connectivity index (χ3n) is 10.3. The number of hydrogen-bond acceptors (Lipinski definition) is 8. The van der Waals surface area contributed by atoms with Crippen LogP contribution in [-0.2, 0) is 19.1 Å². The number of aromatic nitrogens is 1. The van der Waals surface area contributed by atoms with Crippen LogP contribution in [0.3, 0.4) is 0 Å². The fraction of sp³-hybridized carbons (Fsp3) is 0.667. The van der Waals surface area contributed by atoms with Gasteiger partial charge in [-0.15, -0.1) is 0 Å². The molecule has 242 valence electrons. The van der Waals surface area contributed by atoms with E-state index in [0.717, 1.165) is 7.11 Å². The monoisotopic (exact) mass is 632 g/mol. The van der Waals surface area contributed by atoms with Crippen molar-refractivity contribution in [3.8, 4) is 11.8 Å². The van der Waals surface area contributed by atoms with E-state index in [1.165, 1.54) is 16.0 Å². The first-order chi connectivity index (χ1) is 21.1. The number of nitriles is 1. The Labute approximate surface area is 257 Å². The molecule has 2 bridgehead atoms. The quantitative estimate of drug-likeness (QED) is 0.516. The van der Waals surface area contributed by atoms with Crippen LogP contribution in [0.15, 0.2) is 18.3 Å². The van der Waals surface area contributed by atoms with Crippen molar-refractivity contribution in [2.24, 2.45) is 35.0 Å². The van der Waals surface area contributed by atoms with Gasteiger partial charge in [-0.25, -0.2) is 9.78 Å². The Bertz CT molecular complexity index is 1470. The molecule has 4 fully saturated rings. The minimum atomic E-state index is -4.47. The number of rotatable bonds is 3. The van der Waals surface area contributed by atoms with Crippen LogP contribution in [0, 0.1) is 46.3 Å². The van der Waals surface area contributed by atoms with Crippen LogP contribution in [0.5, 0.6) is 5.75 Å². The Morgan fingerprint density at radius 1 is 1.22 bits per heavy atom. The normalized spacial score (nSPS) is 34.0. The van der Waals surface area contributed by atoms with E-state index in [1.54, 1.807) is 32.9 Å². The highest BCUT2D eigenvalue weighted by atomic mass is 19.4. The number of hydrogen-bond donors (Lipinski definition) is 2. The number of nitrogens with one attached hydrogen (secondary N) is 2. The van der Waals surface area contributed by atoms with Gasteiger partial charge in [-0.1, -0.05) is 20.8 Å². The zero-order chi connectivity index (χ0) is 32.6. The van der Waals surface area contributed by atoms with Gasteiger partial charge in [0.1, 0.15) is 18.1 Å². The number of alkyl halides is 3. The van der Waals surface area contributed by atoms with Crippen molar-refractivity contribution in [3.05, 3.63) is 18.3 Å². The van der Waals surface area contributed by atoms with Gasteiger partial charge in [-0.05, 0) is 54.1 Å². The molecule has 2 N–H and O–H groups in total. The predicted octanol–water partition coefficient (Wildman–Crippen LogP) is 2.71. The molecule has 1 aromatic heterocycles. The van der Waals surface area contributed by atoms with E-state index in [9.17, 15) is 37.6 Å². The van der Waals surface area contributed by atoms with Crippen molar-refractivity contribution in [2.75, 3.05) is 25.5 Å². The van der Waals surface area contributed by atoms with Gasteiger partial charge in [0.2, 0.25) is 17.4 Å². The molecular weight excluding hydrogens is 597 g/mol. The lowest BCUT2D eigenvalue weighted by Gasteiger charge is -2.39. The lowest BCUT2D eigenvalue weighted by atomic mass is 9.72. The van der Waals surface area contributed by atoms with Crippen molar-refractivity contribution in [1.82, 2.24) is 20.1 Å². The van der Waals surface area contributed by atoms with Gasteiger partial charge in [-0.2, -0.15) is 18.4 Å². The Hall–Kier alpha value is -4.09. The maximum absolute atomic E-state index is 14.6. The van der Waals surface area contributed by atoms with Crippen LogP contribution in [-0.4, -0.2) is 88.7 Å². The molecule has 0 unspecified atom stereocenters. The van der Waals surface area contributed by atoms with Crippen LogP contribution >= 0.6 is 0 Å². The fourth-order valence-corrected chi connectivity index (χ4v) is 8.37. The minimum Gasteiger partial charge on any atom is -0.472 e. The molecule has 4 amide bonds. The number of carbonyl (C=O) groups excluding carboxylic acids is 4.